The molecule has 0 radical (unpaired) electrons. The molecule has 0 atom stereocenters. The quantitative estimate of drug-likeness (QED) is 0.479. The van der Waals surface area contributed by atoms with Crippen LogP contribution in [0.5, 0.6) is 0 Å². The molecule has 0 fully saturated rings. The number of carbonyl (C=O) groups excluding carboxylic acids is 2. The highest BCUT2D eigenvalue weighted by Gasteiger charge is 2.26. The molecule has 0 aromatic heterocycles. The molecule has 1 aliphatic carbocycles. The van der Waals surface area contributed by atoms with Gasteiger partial charge >= 0.3 is 0 Å². The second-order valence-corrected chi connectivity index (χ2v) is 5.04. The highest BCUT2D eigenvalue weighted by atomic mass is 16.1. The number of benzene rings is 1. The van der Waals surface area contributed by atoms with Gasteiger partial charge in [0, 0.05) is 17.6 Å². The summed E-state index contributed by atoms with van der Waals surface area (Å²) in [5.74, 6) is 5.65. The maximum absolute atomic E-state index is 12.4. The molecular weight excluding hydrogens is 260 g/mol. The Balaban J connectivity index is 2.49. The Bertz CT molecular complexity index is 679. The van der Waals surface area contributed by atoms with E-state index in [0.717, 1.165) is 24.8 Å². The maximum Gasteiger partial charge on any atom is 0.195 e. The van der Waals surface area contributed by atoms with Crippen LogP contribution in [0.3, 0.4) is 0 Å². The van der Waals surface area contributed by atoms with Crippen molar-refractivity contribution in [2.24, 2.45) is 0 Å². The largest absolute Gasteiger partial charge is 0.289 e. The molecule has 0 saturated heterocycles. The van der Waals surface area contributed by atoms with Crippen LogP contribution in [0.4, 0.5) is 0 Å². The lowest BCUT2D eigenvalue weighted by molar-refractivity contribution is -0.114. The van der Waals surface area contributed by atoms with Gasteiger partial charge in [-0.2, -0.15) is 0 Å². The van der Waals surface area contributed by atoms with Gasteiger partial charge in [0.05, 0.1) is 5.57 Å². The summed E-state index contributed by atoms with van der Waals surface area (Å²) in [7, 11) is 0. The summed E-state index contributed by atoms with van der Waals surface area (Å²) in [5, 5.41) is 0. The third-order valence-electron chi connectivity index (χ3n) is 3.36. The topological polar surface area (TPSA) is 34.1 Å². The van der Waals surface area contributed by atoms with Crippen LogP contribution in [0.2, 0.25) is 0 Å². The van der Waals surface area contributed by atoms with Crippen LogP contribution >= 0.6 is 0 Å². The van der Waals surface area contributed by atoms with Crippen molar-refractivity contribution in [2.45, 2.75) is 33.1 Å². The van der Waals surface area contributed by atoms with Crippen LogP contribution in [-0.2, 0) is 9.59 Å². The third kappa shape index (κ3) is 3.38. The Morgan fingerprint density at radius 1 is 1.10 bits per heavy atom. The third-order valence-corrected chi connectivity index (χ3v) is 3.36. The van der Waals surface area contributed by atoms with E-state index in [1.54, 1.807) is 6.92 Å². The molecule has 0 spiro atoms. The van der Waals surface area contributed by atoms with E-state index in [0.29, 0.717) is 16.7 Å². The first kappa shape index (κ1) is 15.0. The molecule has 2 heteroatoms. The molecule has 0 unspecified atom stereocenters. The van der Waals surface area contributed by atoms with Gasteiger partial charge in [-0.05, 0) is 25.0 Å². The minimum absolute atomic E-state index is 0.111. The first-order valence-electron chi connectivity index (χ1n) is 7.21. The van der Waals surface area contributed by atoms with Gasteiger partial charge in [-0.15, -0.1) is 0 Å². The maximum atomic E-state index is 12.4. The smallest absolute Gasteiger partial charge is 0.195 e. The summed E-state index contributed by atoms with van der Waals surface area (Å²) < 4.78 is 0. The normalized spacial score (nSPS) is 14.7. The van der Waals surface area contributed by atoms with E-state index in [2.05, 4.69) is 18.8 Å². The minimum Gasteiger partial charge on any atom is -0.289 e. The Morgan fingerprint density at radius 2 is 1.81 bits per heavy atom. The van der Waals surface area contributed by atoms with Gasteiger partial charge in [-0.1, -0.05) is 55.5 Å². The summed E-state index contributed by atoms with van der Waals surface area (Å²) >= 11 is 0. The monoisotopic (exact) mass is 278 g/mol. The molecule has 0 bridgehead atoms. The van der Waals surface area contributed by atoms with Crippen molar-refractivity contribution in [2.75, 3.05) is 0 Å². The zero-order chi connectivity index (χ0) is 15.2. The average Bonchev–Trinajstić information content (AvgIpc) is 2.49. The van der Waals surface area contributed by atoms with E-state index < -0.39 is 0 Å². The second kappa shape index (κ2) is 6.85. The Labute approximate surface area is 125 Å². The van der Waals surface area contributed by atoms with E-state index in [-0.39, 0.29) is 11.6 Å². The predicted molar refractivity (Wildman–Crippen MR) is 84.4 cm³/mol. The zero-order valence-electron chi connectivity index (χ0n) is 12.4. The summed E-state index contributed by atoms with van der Waals surface area (Å²) in [5.41, 5.74) is 1.98. The van der Waals surface area contributed by atoms with Crippen LogP contribution in [0, 0.1) is 11.8 Å². The van der Waals surface area contributed by atoms with Gasteiger partial charge in [0.15, 0.2) is 11.6 Å². The lowest BCUT2D eigenvalue weighted by Crippen LogP contribution is -2.16. The van der Waals surface area contributed by atoms with Crippen molar-refractivity contribution in [1.29, 1.82) is 0 Å². The summed E-state index contributed by atoms with van der Waals surface area (Å²) in [6.07, 6.45) is 4.19. The van der Waals surface area contributed by atoms with Crippen molar-refractivity contribution in [1.82, 2.24) is 0 Å². The number of Topliss-reactive ketones (excluding diaryl/α,β-unsaturated/α-hetero) is 1. The fourth-order valence-electron chi connectivity index (χ4n) is 2.19. The number of ketones is 2. The average molecular weight is 278 g/mol. The number of hydrogen-bond donors (Lipinski definition) is 0. The van der Waals surface area contributed by atoms with E-state index in [4.69, 9.17) is 0 Å². The number of hydrogen-bond acceptors (Lipinski definition) is 2. The number of allylic oxidation sites excluding steroid dienone is 4. The van der Waals surface area contributed by atoms with E-state index in [1.807, 2.05) is 30.3 Å². The first-order valence-corrected chi connectivity index (χ1v) is 7.21. The molecule has 2 nitrogen and oxygen atoms in total. The highest BCUT2D eigenvalue weighted by Crippen LogP contribution is 2.27. The fraction of sp³-hybridized carbons (Fsp3) is 0.263. The Hall–Kier alpha value is -2.40. The van der Waals surface area contributed by atoms with Gasteiger partial charge in [-0.3, -0.25) is 9.59 Å². The van der Waals surface area contributed by atoms with Crippen LogP contribution < -0.4 is 0 Å². The molecule has 106 valence electrons. The SMILES string of the molecule is CCCCC#CC1=C(c2ccccc2)C(=O)C(C)=CC1=O. The molecule has 1 aromatic rings. The summed E-state index contributed by atoms with van der Waals surface area (Å²) in [4.78, 5) is 24.6. The van der Waals surface area contributed by atoms with Crippen LogP contribution in [0.1, 0.15) is 38.7 Å². The summed E-state index contributed by atoms with van der Waals surface area (Å²) in [6.45, 7) is 3.77. The second-order valence-electron chi connectivity index (χ2n) is 5.04. The molecule has 0 saturated carbocycles. The van der Waals surface area contributed by atoms with Gasteiger partial charge in [0.1, 0.15) is 0 Å². The minimum atomic E-state index is -0.171. The van der Waals surface area contributed by atoms with Gasteiger partial charge in [-0.25, -0.2) is 0 Å². The van der Waals surface area contributed by atoms with Crippen molar-refractivity contribution < 1.29 is 9.59 Å². The molecule has 0 amide bonds. The Morgan fingerprint density at radius 3 is 2.48 bits per heavy atom. The lowest BCUT2D eigenvalue weighted by Gasteiger charge is -2.14. The molecule has 21 heavy (non-hydrogen) atoms. The number of unbranched alkanes of at least 4 members (excludes halogenated alkanes) is 2. The van der Waals surface area contributed by atoms with Crippen LogP contribution in [0.25, 0.3) is 5.57 Å². The number of rotatable bonds is 3. The molecule has 2 rings (SSSR count). The highest BCUT2D eigenvalue weighted by molar-refractivity contribution is 6.39. The van der Waals surface area contributed by atoms with Crippen LogP contribution in [-0.4, -0.2) is 11.6 Å². The van der Waals surface area contributed by atoms with E-state index in [9.17, 15) is 9.59 Å². The van der Waals surface area contributed by atoms with E-state index in [1.165, 1.54) is 6.08 Å². The predicted octanol–water partition coefficient (Wildman–Crippen LogP) is 3.73. The van der Waals surface area contributed by atoms with Gasteiger partial charge < -0.3 is 0 Å². The van der Waals surface area contributed by atoms with Crippen molar-refractivity contribution in [3.8, 4) is 11.8 Å². The standard InChI is InChI=1S/C19H18O2/c1-3-4-5-9-12-16-17(20)13-14(2)19(21)18(16)15-10-7-6-8-11-15/h6-8,10-11,13H,3-5H2,1-2H3. The lowest BCUT2D eigenvalue weighted by atomic mass is 9.86. The molecule has 1 aliphatic rings. The molecule has 0 aliphatic heterocycles. The molecule has 0 N–H and O–H groups in total. The fourth-order valence-corrected chi connectivity index (χ4v) is 2.19. The number of carbonyl (C=O) groups is 2. The van der Waals surface area contributed by atoms with Gasteiger partial charge in [0.25, 0.3) is 0 Å². The molecule has 1 aromatic carbocycles. The molecular formula is C19H18O2. The van der Waals surface area contributed by atoms with Gasteiger partial charge in [0.2, 0.25) is 0 Å². The Kier molecular flexibility index (Phi) is 4.90. The van der Waals surface area contributed by atoms with Crippen molar-refractivity contribution in [3.63, 3.8) is 0 Å². The zero-order valence-corrected chi connectivity index (χ0v) is 12.4. The van der Waals surface area contributed by atoms with E-state index >= 15 is 0 Å². The molecule has 0 heterocycles. The summed E-state index contributed by atoms with van der Waals surface area (Å²) in [6, 6.07) is 9.28. The van der Waals surface area contributed by atoms with Crippen molar-refractivity contribution >= 4 is 17.1 Å². The van der Waals surface area contributed by atoms with Crippen molar-refractivity contribution in [3.05, 3.63) is 53.1 Å². The first-order chi connectivity index (χ1) is 10.1. The van der Waals surface area contributed by atoms with Crippen LogP contribution in [0.15, 0.2) is 47.6 Å².